The molecule has 154 valence electrons. The van der Waals surface area contributed by atoms with Crippen LogP contribution in [0.4, 0.5) is 5.69 Å². The highest BCUT2D eigenvalue weighted by atomic mass is 16.5. The van der Waals surface area contributed by atoms with Crippen LogP contribution >= 0.6 is 0 Å². The van der Waals surface area contributed by atoms with Gasteiger partial charge >= 0.3 is 0 Å². The number of rotatable bonds is 4. The number of carbonyl (C=O) groups excluding carboxylic acids is 2. The van der Waals surface area contributed by atoms with Gasteiger partial charge in [-0.3, -0.25) is 9.59 Å². The Bertz CT molecular complexity index is 925. The van der Waals surface area contributed by atoms with Crippen molar-refractivity contribution < 1.29 is 14.3 Å². The van der Waals surface area contributed by atoms with Gasteiger partial charge in [0, 0.05) is 41.8 Å². The van der Waals surface area contributed by atoms with Crippen molar-refractivity contribution in [1.29, 1.82) is 0 Å². The van der Waals surface area contributed by atoms with E-state index in [4.69, 9.17) is 4.74 Å². The summed E-state index contributed by atoms with van der Waals surface area (Å²) in [6.07, 6.45) is 5.16. The Balaban J connectivity index is 1.24. The molecule has 1 aromatic carbocycles. The Labute approximate surface area is 170 Å². The molecule has 0 radical (unpaired) electrons. The van der Waals surface area contributed by atoms with Crippen molar-refractivity contribution in [2.75, 3.05) is 44.7 Å². The molecule has 2 saturated heterocycles. The molecule has 29 heavy (non-hydrogen) atoms. The zero-order valence-electron chi connectivity index (χ0n) is 16.7. The Morgan fingerprint density at radius 2 is 1.97 bits per heavy atom. The van der Waals surface area contributed by atoms with Crippen molar-refractivity contribution in [2.45, 2.75) is 25.8 Å². The van der Waals surface area contributed by atoms with Crippen LogP contribution in [0.2, 0.25) is 0 Å². The van der Waals surface area contributed by atoms with E-state index in [9.17, 15) is 9.59 Å². The molecule has 0 bridgehead atoms. The first-order valence-electron chi connectivity index (χ1n) is 10.6. The van der Waals surface area contributed by atoms with Crippen LogP contribution in [0.25, 0.3) is 10.9 Å². The molecule has 2 aromatic rings. The van der Waals surface area contributed by atoms with Crippen molar-refractivity contribution in [3.8, 4) is 0 Å². The first-order chi connectivity index (χ1) is 14.1. The van der Waals surface area contributed by atoms with E-state index in [-0.39, 0.29) is 23.1 Å². The normalized spacial score (nSPS) is 23.3. The Morgan fingerprint density at radius 1 is 1.17 bits per heavy atom. The summed E-state index contributed by atoms with van der Waals surface area (Å²) in [6.45, 7) is 4.91. The molecule has 5 rings (SSSR count). The number of nitrogens with zero attached hydrogens (tertiary/aromatic N) is 2. The lowest BCUT2D eigenvalue weighted by Gasteiger charge is -2.27. The van der Waals surface area contributed by atoms with E-state index < -0.39 is 0 Å². The van der Waals surface area contributed by atoms with Gasteiger partial charge in [-0.1, -0.05) is 0 Å². The number of anilines is 1. The molecule has 1 unspecified atom stereocenters. The number of piperidine rings is 1. The van der Waals surface area contributed by atoms with Gasteiger partial charge in [-0.05, 0) is 62.0 Å². The minimum atomic E-state index is 0.115. The van der Waals surface area contributed by atoms with Gasteiger partial charge in [-0.2, -0.15) is 0 Å². The number of ether oxygens (including phenoxy) is 1. The standard InChI is InChI=1S/C22H28N4O3/c27-20(25-9-11-29-12-10-25)15-26-8-3-16-13-17(1-2-19(16)26)24-21(28)18-14-22(18)4-6-23-7-5-22/h1-3,8,13,18,23H,4-7,9-12,14-15H2,(H,24,28). The van der Waals surface area contributed by atoms with Gasteiger partial charge in [0.15, 0.2) is 0 Å². The van der Waals surface area contributed by atoms with Crippen molar-refractivity contribution in [3.05, 3.63) is 30.5 Å². The van der Waals surface area contributed by atoms with E-state index in [0.29, 0.717) is 32.8 Å². The van der Waals surface area contributed by atoms with Crippen molar-refractivity contribution in [3.63, 3.8) is 0 Å². The molecule has 1 atom stereocenters. The molecular weight excluding hydrogens is 368 g/mol. The van der Waals surface area contributed by atoms with E-state index in [2.05, 4.69) is 10.6 Å². The maximum absolute atomic E-state index is 12.7. The van der Waals surface area contributed by atoms with E-state index >= 15 is 0 Å². The third-order valence-corrected chi connectivity index (χ3v) is 6.81. The van der Waals surface area contributed by atoms with Gasteiger partial charge < -0.3 is 24.8 Å². The predicted molar refractivity (Wildman–Crippen MR) is 111 cm³/mol. The summed E-state index contributed by atoms with van der Waals surface area (Å²) in [6, 6.07) is 7.93. The Morgan fingerprint density at radius 3 is 2.76 bits per heavy atom. The van der Waals surface area contributed by atoms with Crippen molar-refractivity contribution in [1.82, 2.24) is 14.8 Å². The number of aromatic nitrogens is 1. The van der Waals surface area contributed by atoms with E-state index in [1.54, 1.807) is 0 Å². The molecule has 3 fully saturated rings. The minimum absolute atomic E-state index is 0.115. The van der Waals surface area contributed by atoms with Crippen molar-refractivity contribution in [2.24, 2.45) is 11.3 Å². The number of morpholine rings is 1. The molecule has 7 heteroatoms. The van der Waals surface area contributed by atoms with Gasteiger partial charge in [-0.25, -0.2) is 0 Å². The third kappa shape index (κ3) is 3.65. The second-order valence-electron chi connectivity index (χ2n) is 8.57. The molecule has 1 aliphatic carbocycles. The van der Waals surface area contributed by atoms with E-state index in [1.165, 1.54) is 0 Å². The highest BCUT2D eigenvalue weighted by Crippen LogP contribution is 2.58. The van der Waals surface area contributed by atoms with Crippen LogP contribution in [0.5, 0.6) is 0 Å². The summed E-state index contributed by atoms with van der Waals surface area (Å²) in [5.41, 5.74) is 2.07. The van der Waals surface area contributed by atoms with Crippen LogP contribution in [0, 0.1) is 11.3 Å². The summed E-state index contributed by atoms with van der Waals surface area (Å²) >= 11 is 0. The third-order valence-electron chi connectivity index (χ3n) is 6.81. The highest BCUT2D eigenvalue weighted by Gasteiger charge is 2.57. The van der Waals surface area contributed by atoms with Gasteiger partial charge in [0.25, 0.3) is 0 Å². The average Bonchev–Trinajstić information content (AvgIpc) is 3.30. The molecule has 3 heterocycles. The lowest BCUT2D eigenvalue weighted by Crippen LogP contribution is -2.42. The summed E-state index contributed by atoms with van der Waals surface area (Å²) in [5, 5.41) is 7.52. The fourth-order valence-corrected chi connectivity index (χ4v) is 4.90. The number of hydrogen-bond donors (Lipinski definition) is 2. The summed E-state index contributed by atoms with van der Waals surface area (Å²) in [4.78, 5) is 27.1. The molecule has 2 amide bonds. The molecule has 2 aliphatic heterocycles. The molecular formula is C22H28N4O3. The molecule has 1 saturated carbocycles. The average molecular weight is 396 g/mol. The Hall–Kier alpha value is -2.38. The van der Waals surface area contributed by atoms with Crippen LogP contribution in [-0.4, -0.2) is 60.7 Å². The Kier molecular flexibility index (Phi) is 4.80. The molecule has 2 N–H and O–H groups in total. The van der Waals surface area contributed by atoms with Crippen LogP contribution in [0.15, 0.2) is 30.5 Å². The number of fused-ring (bicyclic) bond motifs is 1. The second kappa shape index (κ2) is 7.46. The molecule has 1 spiro atoms. The molecule has 7 nitrogen and oxygen atoms in total. The monoisotopic (exact) mass is 396 g/mol. The largest absolute Gasteiger partial charge is 0.378 e. The fourth-order valence-electron chi connectivity index (χ4n) is 4.90. The lowest BCUT2D eigenvalue weighted by atomic mass is 9.92. The van der Waals surface area contributed by atoms with Crippen molar-refractivity contribution >= 4 is 28.4 Å². The lowest BCUT2D eigenvalue weighted by molar-refractivity contribution is -0.135. The van der Waals surface area contributed by atoms with E-state index in [1.807, 2.05) is 39.9 Å². The van der Waals surface area contributed by atoms with Gasteiger partial charge in [0.1, 0.15) is 6.54 Å². The quantitative estimate of drug-likeness (QED) is 0.827. The summed E-state index contributed by atoms with van der Waals surface area (Å²) < 4.78 is 7.30. The number of amides is 2. The molecule has 1 aromatic heterocycles. The number of hydrogen-bond acceptors (Lipinski definition) is 4. The number of carbonyl (C=O) groups is 2. The van der Waals surface area contributed by atoms with Gasteiger partial charge in [0.2, 0.25) is 11.8 Å². The molecule has 3 aliphatic rings. The minimum Gasteiger partial charge on any atom is -0.378 e. The van der Waals surface area contributed by atoms with E-state index in [0.717, 1.165) is 48.9 Å². The topological polar surface area (TPSA) is 75.6 Å². The fraction of sp³-hybridized carbons (Fsp3) is 0.545. The number of benzene rings is 1. The first kappa shape index (κ1) is 18.6. The first-order valence-corrected chi connectivity index (χ1v) is 10.6. The zero-order valence-corrected chi connectivity index (χ0v) is 16.7. The van der Waals surface area contributed by atoms with Crippen LogP contribution in [-0.2, 0) is 20.9 Å². The van der Waals surface area contributed by atoms with Crippen LogP contribution in [0.3, 0.4) is 0 Å². The number of nitrogens with one attached hydrogen (secondary N) is 2. The second-order valence-corrected chi connectivity index (χ2v) is 8.57. The predicted octanol–water partition coefficient (Wildman–Crippen LogP) is 1.83. The van der Waals surface area contributed by atoms with Gasteiger partial charge in [0.05, 0.1) is 13.2 Å². The van der Waals surface area contributed by atoms with Gasteiger partial charge in [-0.15, -0.1) is 0 Å². The van der Waals surface area contributed by atoms with Crippen LogP contribution < -0.4 is 10.6 Å². The summed E-state index contributed by atoms with van der Waals surface area (Å²) in [7, 11) is 0. The maximum Gasteiger partial charge on any atom is 0.242 e. The SMILES string of the molecule is O=C(Nc1ccc2c(ccn2CC(=O)N2CCOCC2)c1)C1CC12CCNCC2. The highest BCUT2D eigenvalue weighted by molar-refractivity contribution is 5.97. The summed E-state index contributed by atoms with van der Waals surface area (Å²) in [5.74, 6) is 0.411. The zero-order chi connectivity index (χ0) is 19.8. The van der Waals surface area contributed by atoms with Crippen LogP contribution in [0.1, 0.15) is 19.3 Å². The maximum atomic E-state index is 12.7. The smallest absolute Gasteiger partial charge is 0.242 e.